The molecule has 1 fully saturated rings. The van der Waals surface area contributed by atoms with Crippen LogP contribution in [0.2, 0.25) is 0 Å². The lowest BCUT2D eigenvalue weighted by atomic mass is 10.0. The normalized spacial score (nSPS) is 16.1. The third-order valence-corrected chi connectivity index (χ3v) is 7.17. The van der Waals surface area contributed by atoms with Crippen molar-refractivity contribution in [2.24, 2.45) is 0 Å². The number of likely N-dealkylation sites (tertiary alicyclic amines) is 1. The Hall–Kier alpha value is -3.20. The molecule has 1 saturated heterocycles. The van der Waals surface area contributed by atoms with E-state index in [1.165, 1.54) is 22.2 Å². The van der Waals surface area contributed by atoms with Gasteiger partial charge in [-0.2, -0.15) is 0 Å². The number of aromatic nitrogens is 2. The number of anilines is 1. The van der Waals surface area contributed by atoms with Crippen molar-refractivity contribution >= 4 is 39.1 Å². The van der Waals surface area contributed by atoms with E-state index in [2.05, 4.69) is 10.3 Å². The van der Waals surface area contributed by atoms with Crippen LogP contribution in [-0.4, -0.2) is 45.5 Å². The molecule has 1 aliphatic rings. The Kier molecular flexibility index (Phi) is 6.78. The number of aryl methyl sites for hydroxylation is 1. The van der Waals surface area contributed by atoms with Gasteiger partial charge in [-0.05, 0) is 69.9 Å². The number of rotatable bonds is 6. The lowest BCUT2D eigenvalue weighted by molar-refractivity contribution is -0.135. The first-order valence-electron chi connectivity index (χ1n) is 11.2. The number of nitrogens with zero attached hydrogens (tertiary/aromatic N) is 3. The van der Waals surface area contributed by atoms with Gasteiger partial charge in [0.15, 0.2) is 0 Å². The number of carbonyl (C=O) groups is 2. The van der Waals surface area contributed by atoms with Crippen molar-refractivity contribution in [3.05, 3.63) is 51.4 Å². The fourth-order valence-corrected chi connectivity index (χ4v) is 5.22. The first-order valence-corrected chi connectivity index (χ1v) is 12.0. The number of amides is 2. The lowest BCUT2D eigenvalue weighted by Gasteiger charge is -2.33. The van der Waals surface area contributed by atoms with E-state index in [1.807, 2.05) is 18.7 Å². The van der Waals surface area contributed by atoms with Crippen molar-refractivity contribution in [3.63, 3.8) is 0 Å². The van der Waals surface area contributed by atoms with E-state index >= 15 is 0 Å². The zero-order chi connectivity index (χ0) is 23.5. The molecular formula is C24H28N4O4S. The Morgan fingerprint density at radius 1 is 1.24 bits per heavy atom. The molecule has 0 bridgehead atoms. The highest BCUT2D eigenvalue weighted by Gasteiger charge is 2.25. The summed E-state index contributed by atoms with van der Waals surface area (Å²) < 4.78 is 6.77. The van der Waals surface area contributed by atoms with Crippen molar-refractivity contribution in [2.45, 2.75) is 52.6 Å². The average Bonchev–Trinajstić information content (AvgIpc) is 3.14. The van der Waals surface area contributed by atoms with Crippen molar-refractivity contribution < 1.29 is 14.3 Å². The van der Waals surface area contributed by atoms with Gasteiger partial charge in [-0.25, -0.2) is 4.98 Å². The van der Waals surface area contributed by atoms with Crippen molar-refractivity contribution in [3.8, 4) is 5.75 Å². The molecule has 0 radical (unpaired) electrons. The minimum absolute atomic E-state index is 0.0465. The summed E-state index contributed by atoms with van der Waals surface area (Å²) in [6.07, 6.45) is 4.49. The fraction of sp³-hybridized carbons (Fsp3) is 0.417. The Morgan fingerprint density at radius 3 is 2.70 bits per heavy atom. The number of fused-ring (bicyclic) bond motifs is 1. The molecule has 9 heteroatoms. The van der Waals surface area contributed by atoms with Gasteiger partial charge in [0.1, 0.15) is 17.1 Å². The fourth-order valence-electron chi connectivity index (χ4n) is 4.18. The van der Waals surface area contributed by atoms with Crippen LogP contribution < -0.4 is 15.6 Å². The quantitative estimate of drug-likeness (QED) is 0.594. The van der Waals surface area contributed by atoms with E-state index < -0.39 is 0 Å². The van der Waals surface area contributed by atoms with Gasteiger partial charge in [0.05, 0.1) is 23.2 Å². The number of ether oxygens (including phenoxy) is 1. The van der Waals surface area contributed by atoms with Gasteiger partial charge >= 0.3 is 0 Å². The van der Waals surface area contributed by atoms with Crippen molar-refractivity contribution in [2.75, 3.05) is 18.5 Å². The molecule has 2 amide bonds. The van der Waals surface area contributed by atoms with Crippen LogP contribution in [0.15, 0.2) is 35.4 Å². The maximum absolute atomic E-state index is 13.2. The summed E-state index contributed by atoms with van der Waals surface area (Å²) in [5, 5.41) is 3.25. The zero-order valence-electron chi connectivity index (χ0n) is 19.1. The molecule has 0 spiro atoms. The largest absolute Gasteiger partial charge is 0.494 e. The number of hydrogen-bond acceptors (Lipinski definition) is 6. The Morgan fingerprint density at radius 2 is 2.00 bits per heavy atom. The molecule has 1 N–H and O–H groups in total. The van der Waals surface area contributed by atoms with Crippen LogP contribution in [0.1, 0.15) is 48.3 Å². The Balaban J connectivity index is 1.55. The molecule has 33 heavy (non-hydrogen) atoms. The topological polar surface area (TPSA) is 93.5 Å². The molecular weight excluding hydrogens is 440 g/mol. The number of thiophene rings is 1. The predicted octanol–water partition coefficient (Wildman–Crippen LogP) is 3.82. The second-order valence-electron chi connectivity index (χ2n) is 8.26. The van der Waals surface area contributed by atoms with E-state index in [0.29, 0.717) is 33.0 Å². The van der Waals surface area contributed by atoms with Crippen LogP contribution >= 0.6 is 11.3 Å². The summed E-state index contributed by atoms with van der Waals surface area (Å²) in [4.78, 5) is 46.0. The molecule has 3 aromatic rings. The second kappa shape index (κ2) is 9.74. The van der Waals surface area contributed by atoms with Gasteiger partial charge < -0.3 is 15.0 Å². The zero-order valence-corrected chi connectivity index (χ0v) is 19.9. The van der Waals surface area contributed by atoms with E-state index in [1.54, 1.807) is 31.2 Å². The SMILES string of the molecule is CCOc1ccc(NC(=O)c2sc3ncn(CC(=O)N4CCCC[C@H]4C)c(=O)c3c2C)cc1. The summed E-state index contributed by atoms with van der Waals surface area (Å²) in [6.45, 7) is 6.94. The third-order valence-electron chi connectivity index (χ3n) is 5.98. The second-order valence-corrected chi connectivity index (χ2v) is 9.26. The van der Waals surface area contributed by atoms with Crippen LogP contribution in [-0.2, 0) is 11.3 Å². The highest BCUT2D eigenvalue weighted by atomic mass is 32.1. The summed E-state index contributed by atoms with van der Waals surface area (Å²) in [5.74, 6) is 0.349. The average molecular weight is 469 g/mol. The van der Waals surface area contributed by atoms with Gasteiger partial charge in [-0.15, -0.1) is 11.3 Å². The first-order chi connectivity index (χ1) is 15.9. The molecule has 1 atom stereocenters. The molecule has 0 saturated carbocycles. The summed E-state index contributed by atoms with van der Waals surface area (Å²) in [5.41, 5.74) is 0.905. The lowest BCUT2D eigenvalue weighted by Crippen LogP contribution is -2.44. The number of piperidine rings is 1. The number of carbonyl (C=O) groups excluding carboxylic acids is 2. The molecule has 174 valence electrons. The molecule has 8 nitrogen and oxygen atoms in total. The van der Waals surface area contributed by atoms with Crippen molar-refractivity contribution in [1.29, 1.82) is 0 Å². The Labute approximate surface area is 196 Å². The standard InChI is InChI=1S/C24H28N4O4S/c1-4-32-18-10-8-17(9-11-18)26-22(30)21-16(3)20-23(33-21)25-14-27(24(20)31)13-19(29)28-12-6-5-7-15(28)2/h8-11,14-15H,4-7,12-13H2,1-3H3,(H,26,30)/t15-/m1/s1. The molecule has 0 aliphatic carbocycles. The van der Waals surface area contributed by atoms with Crippen LogP contribution in [0, 0.1) is 6.92 Å². The predicted molar refractivity (Wildman–Crippen MR) is 129 cm³/mol. The van der Waals surface area contributed by atoms with Crippen molar-refractivity contribution in [1.82, 2.24) is 14.5 Å². The number of nitrogens with one attached hydrogen (secondary N) is 1. The smallest absolute Gasteiger partial charge is 0.266 e. The van der Waals surface area contributed by atoms with Gasteiger partial charge in [-0.1, -0.05) is 0 Å². The van der Waals surface area contributed by atoms with E-state index in [-0.39, 0.29) is 30.0 Å². The Bertz CT molecular complexity index is 1230. The minimum Gasteiger partial charge on any atom is -0.494 e. The maximum Gasteiger partial charge on any atom is 0.266 e. The third kappa shape index (κ3) is 4.78. The van der Waals surface area contributed by atoms with Gasteiger partial charge in [-0.3, -0.25) is 19.0 Å². The van der Waals surface area contributed by atoms with E-state index in [4.69, 9.17) is 4.74 Å². The molecule has 4 rings (SSSR count). The highest BCUT2D eigenvalue weighted by molar-refractivity contribution is 7.20. The molecule has 3 heterocycles. The van der Waals surface area contributed by atoms with Crippen LogP contribution in [0.25, 0.3) is 10.2 Å². The number of hydrogen-bond donors (Lipinski definition) is 1. The van der Waals surface area contributed by atoms with E-state index in [9.17, 15) is 14.4 Å². The summed E-state index contributed by atoms with van der Waals surface area (Å²) >= 11 is 1.18. The molecule has 0 unspecified atom stereocenters. The van der Waals surface area contributed by atoms with Crippen LogP contribution in [0.5, 0.6) is 5.75 Å². The molecule has 1 aliphatic heterocycles. The van der Waals surface area contributed by atoms with Gasteiger partial charge in [0, 0.05) is 18.3 Å². The summed E-state index contributed by atoms with van der Waals surface area (Å²) in [6, 6.07) is 7.29. The first kappa shape index (κ1) is 23.0. The minimum atomic E-state index is -0.302. The maximum atomic E-state index is 13.2. The monoisotopic (exact) mass is 468 g/mol. The molecule has 1 aromatic carbocycles. The van der Waals surface area contributed by atoms with Crippen LogP contribution in [0.4, 0.5) is 5.69 Å². The summed E-state index contributed by atoms with van der Waals surface area (Å²) in [7, 11) is 0. The molecule has 2 aromatic heterocycles. The van der Waals surface area contributed by atoms with Gasteiger partial charge in [0.25, 0.3) is 11.5 Å². The van der Waals surface area contributed by atoms with E-state index in [0.717, 1.165) is 31.6 Å². The van der Waals surface area contributed by atoms with Crippen LogP contribution in [0.3, 0.4) is 0 Å². The van der Waals surface area contributed by atoms with Gasteiger partial charge in [0.2, 0.25) is 5.91 Å². The number of benzene rings is 1. The highest BCUT2D eigenvalue weighted by Crippen LogP contribution is 2.28.